The van der Waals surface area contributed by atoms with Crippen molar-refractivity contribution in [1.29, 1.82) is 0 Å². The molecule has 0 amide bonds. The molecule has 94 valence electrons. The van der Waals surface area contributed by atoms with E-state index >= 15 is 0 Å². The second-order valence-corrected chi connectivity index (χ2v) is 5.76. The van der Waals surface area contributed by atoms with E-state index in [1.807, 2.05) is 0 Å². The average Bonchev–Trinajstić information content (AvgIpc) is 2.62. The lowest BCUT2D eigenvalue weighted by atomic mass is 9.86. The van der Waals surface area contributed by atoms with Crippen LogP contribution in [0.5, 0.6) is 0 Å². The molecule has 3 nitrogen and oxygen atoms in total. The van der Waals surface area contributed by atoms with E-state index in [1.165, 1.54) is 25.7 Å². The molecule has 2 fully saturated rings. The summed E-state index contributed by atoms with van der Waals surface area (Å²) in [6.45, 7) is 6.20. The minimum absolute atomic E-state index is 0.203. The van der Waals surface area contributed by atoms with E-state index < -0.39 is 0 Å². The van der Waals surface area contributed by atoms with Gasteiger partial charge in [0.25, 0.3) is 0 Å². The summed E-state index contributed by atoms with van der Waals surface area (Å²) < 4.78 is 10.8. The van der Waals surface area contributed by atoms with Crippen LogP contribution < -0.4 is 5.32 Å². The Balaban J connectivity index is 1.75. The maximum absolute atomic E-state index is 5.55. The van der Waals surface area contributed by atoms with Crippen LogP contribution >= 0.6 is 0 Å². The number of hydrogen-bond acceptors (Lipinski definition) is 3. The molecule has 0 bridgehead atoms. The molecule has 1 N–H and O–H groups in total. The summed E-state index contributed by atoms with van der Waals surface area (Å²) in [5.74, 6) is 1.61. The van der Waals surface area contributed by atoms with Crippen molar-refractivity contribution >= 4 is 0 Å². The third kappa shape index (κ3) is 3.19. The molecular formula is C13H25NO2. The minimum atomic E-state index is 0.203. The van der Waals surface area contributed by atoms with Crippen LogP contribution in [0.15, 0.2) is 0 Å². The molecule has 3 heteroatoms. The van der Waals surface area contributed by atoms with Gasteiger partial charge in [0, 0.05) is 25.9 Å². The minimum Gasteiger partial charge on any atom is -0.383 e. The predicted octanol–water partition coefficient (Wildman–Crippen LogP) is 1.82. The van der Waals surface area contributed by atoms with Gasteiger partial charge in [-0.2, -0.15) is 0 Å². The molecule has 3 atom stereocenters. The largest absolute Gasteiger partial charge is 0.383 e. The molecule has 16 heavy (non-hydrogen) atoms. The van der Waals surface area contributed by atoms with Gasteiger partial charge in [-0.3, -0.25) is 0 Å². The Morgan fingerprint density at radius 3 is 3.00 bits per heavy atom. The van der Waals surface area contributed by atoms with Gasteiger partial charge < -0.3 is 14.8 Å². The third-order valence-corrected chi connectivity index (χ3v) is 3.94. The number of rotatable bonds is 4. The van der Waals surface area contributed by atoms with E-state index in [9.17, 15) is 0 Å². The fourth-order valence-corrected chi connectivity index (χ4v) is 3.23. The van der Waals surface area contributed by atoms with Crippen molar-refractivity contribution < 1.29 is 9.47 Å². The molecule has 2 heterocycles. The Kier molecular flexibility index (Phi) is 4.22. The second-order valence-electron chi connectivity index (χ2n) is 5.76. The molecule has 0 saturated carbocycles. The Bertz CT molecular complexity index is 216. The Hall–Kier alpha value is -0.120. The van der Waals surface area contributed by atoms with Crippen molar-refractivity contribution in [2.45, 2.75) is 38.1 Å². The zero-order valence-electron chi connectivity index (χ0n) is 10.6. The van der Waals surface area contributed by atoms with E-state index in [-0.39, 0.29) is 5.54 Å². The SMILES string of the molecule is COCC1(C)CC(CC2CCCOC2)CN1. The smallest absolute Gasteiger partial charge is 0.0641 e. The standard InChI is InChI=1S/C13H25NO2/c1-13(10-15-2)7-12(8-14-13)6-11-4-3-5-16-9-11/h11-12,14H,3-10H2,1-2H3. The van der Waals surface area contributed by atoms with Crippen LogP contribution in [0, 0.1) is 11.8 Å². The first-order valence-corrected chi connectivity index (χ1v) is 6.53. The molecule has 2 rings (SSSR count). The first-order valence-electron chi connectivity index (χ1n) is 6.53. The lowest BCUT2D eigenvalue weighted by Gasteiger charge is -2.26. The van der Waals surface area contributed by atoms with Crippen molar-refractivity contribution in [2.75, 3.05) is 33.5 Å². The summed E-state index contributed by atoms with van der Waals surface area (Å²) in [7, 11) is 1.79. The van der Waals surface area contributed by atoms with Crippen molar-refractivity contribution in [1.82, 2.24) is 5.32 Å². The molecule has 2 aliphatic heterocycles. The molecular weight excluding hydrogens is 202 g/mol. The van der Waals surface area contributed by atoms with E-state index in [0.29, 0.717) is 0 Å². The Labute approximate surface area is 98.9 Å². The van der Waals surface area contributed by atoms with Gasteiger partial charge in [0.15, 0.2) is 0 Å². The van der Waals surface area contributed by atoms with Gasteiger partial charge in [-0.25, -0.2) is 0 Å². The summed E-state index contributed by atoms with van der Waals surface area (Å²) in [6, 6.07) is 0. The molecule has 0 radical (unpaired) electrons. The first kappa shape index (κ1) is 12.3. The highest BCUT2D eigenvalue weighted by Crippen LogP contribution is 2.31. The van der Waals surface area contributed by atoms with Crippen molar-refractivity contribution in [3.05, 3.63) is 0 Å². The van der Waals surface area contributed by atoms with Crippen LogP contribution in [-0.4, -0.2) is 39.0 Å². The Morgan fingerprint density at radius 1 is 1.44 bits per heavy atom. The average molecular weight is 227 g/mol. The van der Waals surface area contributed by atoms with Crippen LogP contribution in [0.4, 0.5) is 0 Å². The van der Waals surface area contributed by atoms with Gasteiger partial charge in [-0.1, -0.05) is 0 Å². The van der Waals surface area contributed by atoms with Crippen molar-refractivity contribution in [2.24, 2.45) is 11.8 Å². The topological polar surface area (TPSA) is 30.5 Å². The molecule has 0 spiro atoms. The number of ether oxygens (including phenoxy) is 2. The van der Waals surface area contributed by atoms with Crippen LogP contribution in [0.2, 0.25) is 0 Å². The van der Waals surface area contributed by atoms with Crippen LogP contribution in [0.25, 0.3) is 0 Å². The predicted molar refractivity (Wildman–Crippen MR) is 64.6 cm³/mol. The van der Waals surface area contributed by atoms with Gasteiger partial charge in [0.05, 0.1) is 6.61 Å². The van der Waals surface area contributed by atoms with Crippen LogP contribution in [-0.2, 0) is 9.47 Å². The molecule has 0 aromatic heterocycles. The normalized spacial score (nSPS) is 40.1. The van der Waals surface area contributed by atoms with Gasteiger partial charge in [-0.05, 0) is 51.0 Å². The van der Waals surface area contributed by atoms with Gasteiger partial charge in [-0.15, -0.1) is 0 Å². The van der Waals surface area contributed by atoms with Crippen LogP contribution in [0.3, 0.4) is 0 Å². The van der Waals surface area contributed by atoms with Crippen molar-refractivity contribution in [3.8, 4) is 0 Å². The summed E-state index contributed by atoms with van der Waals surface area (Å²) >= 11 is 0. The Morgan fingerprint density at radius 2 is 2.31 bits per heavy atom. The molecule has 3 unspecified atom stereocenters. The third-order valence-electron chi connectivity index (χ3n) is 3.94. The summed E-state index contributed by atoms with van der Waals surface area (Å²) in [4.78, 5) is 0. The summed E-state index contributed by atoms with van der Waals surface area (Å²) in [5.41, 5.74) is 0.203. The quantitative estimate of drug-likeness (QED) is 0.794. The van der Waals surface area contributed by atoms with E-state index in [0.717, 1.165) is 38.2 Å². The number of methoxy groups -OCH3 is 1. The maximum atomic E-state index is 5.55. The summed E-state index contributed by atoms with van der Waals surface area (Å²) in [5, 5.41) is 3.61. The monoisotopic (exact) mass is 227 g/mol. The lowest BCUT2D eigenvalue weighted by Crippen LogP contribution is -2.40. The number of hydrogen-bond donors (Lipinski definition) is 1. The van der Waals surface area contributed by atoms with Gasteiger partial charge in [0.1, 0.15) is 0 Å². The van der Waals surface area contributed by atoms with Crippen molar-refractivity contribution in [3.63, 3.8) is 0 Å². The fraction of sp³-hybridized carbons (Fsp3) is 1.00. The van der Waals surface area contributed by atoms with E-state index in [1.54, 1.807) is 7.11 Å². The van der Waals surface area contributed by atoms with E-state index in [4.69, 9.17) is 9.47 Å². The highest BCUT2D eigenvalue weighted by atomic mass is 16.5. The zero-order chi connectivity index (χ0) is 11.4. The van der Waals surface area contributed by atoms with Gasteiger partial charge in [0.2, 0.25) is 0 Å². The van der Waals surface area contributed by atoms with Crippen LogP contribution in [0.1, 0.15) is 32.6 Å². The molecule has 2 saturated heterocycles. The fourth-order valence-electron chi connectivity index (χ4n) is 3.23. The molecule has 0 aromatic rings. The highest BCUT2D eigenvalue weighted by Gasteiger charge is 2.35. The molecule has 0 aliphatic carbocycles. The van der Waals surface area contributed by atoms with Gasteiger partial charge >= 0.3 is 0 Å². The maximum Gasteiger partial charge on any atom is 0.0641 e. The molecule has 0 aromatic carbocycles. The zero-order valence-corrected chi connectivity index (χ0v) is 10.6. The lowest BCUT2D eigenvalue weighted by molar-refractivity contribution is 0.0452. The number of nitrogens with one attached hydrogen (secondary N) is 1. The summed E-state index contributed by atoms with van der Waals surface area (Å²) in [6.07, 6.45) is 5.18. The van der Waals surface area contributed by atoms with E-state index in [2.05, 4.69) is 12.2 Å². The second kappa shape index (κ2) is 5.48. The molecule has 2 aliphatic rings. The first-order chi connectivity index (χ1) is 7.72. The highest BCUT2D eigenvalue weighted by molar-refractivity contribution is 4.93.